The summed E-state index contributed by atoms with van der Waals surface area (Å²) < 4.78 is 0. The van der Waals surface area contributed by atoms with Crippen molar-refractivity contribution >= 4 is 17.3 Å². The zero-order valence-electron chi connectivity index (χ0n) is 14.9. The number of hydrogen-bond acceptors (Lipinski definition) is 4. The Bertz CT molecular complexity index is 748. The third-order valence-corrected chi connectivity index (χ3v) is 6.73. The number of piperidine rings is 1. The van der Waals surface area contributed by atoms with Crippen LogP contribution in [0.4, 0.5) is 11.4 Å². The minimum atomic E-state index is -0.379. The molecular formula is C19H25N3O3. The zero-order valence-corrected chi connectivity index (χ0v) is 14.9. The van der Waals surface area contributed by atoms with Crippen LogP contribution >= 0.6 is 0 Å². The van der Waals surface area contributed by atoms with Gasteiger partial charge in [0, 0.05) is 24.4 Å². The van der Waals surface area contributed by atoms with E-state index in [0.717, 1.165) is 31.4 Å². The molecule has 2 aliphatic carbocycles. The lowest BCUT2D eigenvalue weighted by molar-refractivity contribution is -0.384. The van der Waals surface area contributed by atoms with Crippen LogP contribution in [0.15, 0.2) is 12.1 Å². The fourth-order valence-corrected chi connectivity index (χ4v) is 5.68. The summed E-state index contributed by atoms with van der Waals surface area (Å²) in [6.07, 6.45) is 6.87. The van der Waals surface area contributed by atoms with Gasteiger partial charge in [0.25, 0.3) is 5.69 Å². The third kappa shape index (κ3) is 2.46. The summed E-state index contributed by atoms with van der Waals surface area (Å²) in [4.78, 5) is 25.1. The second-order valence-electron chi connectivity index (χ2n) is 7.98. The second-order valence-corrected chi connectivity index (χ2v) is 7.98. The molecule has 0 aromatic heterocycles. The predicted molar refractivity (Wildman–Crippen MR) is 95.8 cm³/mol. The van der Waals surface area contributed by atoms with E-state index in [4.69, 9.17) is 0 Å². The monoisotopic (exact) mass is 343 g/mol. The Morgan fingerprint density at radius 3 is 2.88 bits per heavy atom. The van der Waals surface area contributed by atoms with E-state index >= 15 is 0 Å². The number of nitrogens with zero attached hydrogens (tertiary/aromatic N) is 2. The number of hydrogen-bond donors (Lipinski definition) is 1. The molecule has 3 aliphatic rings. The van der Waals surface area contributed by atoms with Gasteiger partial charge in [-0.05, 0) is 62.4 Å². The van der Waals surface area contributed by atoms with Crippen molar-refractivity contribution in [3.05, 3.63) is 33.4 Å². The zero-order chi connectivity index (χ0) is 17.8. The summed E-state index contributed by atoms with van der Waals surface area (Å²) in [5, 5.41) is 14.2. The molecule has 1 amide bonds. The van der Waals surface area contributed by atoms with E-state index in [-0.39, 0.29) is 21.9 Å². The lowest BCUT2D eigenvalue weighted by Crippen LogP contribution is -2.59. The lowest BCUT2D eigenvalue weighted by Gasteiger charge is -2.58. The highest BCUT2D eigenvalue weighted by Gasteiger charge is 2.53. The van der Waals surface area contributed by atoms with Crippen molar-refractivity contribution in [1.82, 2.24) is 4.90 Å². The molecule has 25 heavy (non-hydrogen) atoms. The van der Waals surface area contributed by atoms with E-state index < -0.39 is 0 Å². The molecule has 1 heterocycles. The van der Waals surface area contributed by atoms with Gasteiger partial charge in [-0.15, -0.1) is 0 Å². The molecule has 0 spiro atoms. The molecule has 1 saturated carbocycles. The van der Waals surface area contributed by atoms with Gasteiger partial charge in [0.2, 0.25) is 5.91 Å². The summed E-state index contributed by atoms with van der Waals surface area (Å²) in [7, 11) is 2.19. The molecule has 1 N–H and O–H groups in total. The number of carbonyl (C=O) groups is 1. The molecule has 6 nitrogen and oxygen atoms in total. The summed E-state index contributed by atoms with van der Waals surface area (Å²) in [6.45, 7) is 2.48. The van der Waals surface area contributed by atoms with Crippen LogP contribution in [-0.2, 0) is 16.6 Å². The first kappa shape index (κ1) is 16.5. The van der Waals surface area contributed by atoms with Gasteiger partial charge in [0.1, 0.15) is 5.69 Å². The number of benzene rings is 1. The molecule has 1 aliphatic heterocycles. The van der Waals surface area contributed by atoms with Gasteiger partial charge in [-0.3, -0.25) is 14.9 Å². The molecule has 134 valence electrons. The van der Waals surface area contributed by atoms with Gasteiger partial charge in [-0.2, -0.15) is 0 Å². The number of nitrogens with one attached hydrogen (secondary N) is 1. The van der Waals surface area contributed by atoms with Crippen LogP contribution < -0.4 is 5.32 Å². The van der Waals surface area contributed by atoms with Crippen molar-refractivity contribution < 1.29 is 9.72 Å². The Balaban J connectivity index is 1.89. The number of fused-ring (bicyclic) bond motifs is 1. The first-order valence-corrected chi connectivity index (χ1v) is 9.22. The molecule has 4 rings (SSSR count). The van der Waals surface area contributed by atoms with Gasteiger partial charge in [-0.25, -0.2) is 0 Å². The van der Waals surface area contributed by atoms with Crippen LogP contribution in [-0.4, -0.2) is 35.4 Å². The minimum Gasteiger partial charge on any atom is -0.321 e. The average Bonchev–Trinajstić information content (AvgIpc) is 2.57. The van der Waals surface area contributed by atoms with E-state index in [1.807, 2.05) is 6.07 Å². The second kappa shape index (κ2) is 5.80. The van der Waals surface area contributed by atoms with Crippen LogP contribution in [0.3, 0.4) is 0 Å². The fraction of sp³-hybridized carbons (Fsp3) is 0.632. The molecule has 6 heteroatoms. The average molecular weight is 343 g/mol. The fourth-order valence-electron chi connectivity index (χ4n) is 5.68. The van der Waals surface area contributed by atoms with E-state index in [2.05, 4.69) is 17.3 Å². The Morgan fingerprint density at radius 1 is 1.36 bits per heavy atom. The smallest absolute Gasteiger partial charge is 0.293 e. The largest absolute Gasteiger partial charge is 0.321 e. The Hall–Kier alpha value is -1.95. The Morgan fingerprint density at radius 2 is 2.16 bits per heavy atom. The first-order valence-electron chi connectivity index (χ1n) is 9.22. The van der Waals surface area contributed by atoms with Crippen molar-refractivity contribution in [3.63, 3.8) is 0 Å². The van der Waals surface area contributed by atoms with Gasteiger partial charge in [-0.1, -0.05) is 12.8 Å². The highest BCUT2D eigenvalue weighted by Crippen LogP contribution is 2.56. The van der Waals surface area contributed by atoms with E-state index in [1.165, 1.54) is 31.7 Å². The minimum absolute atomic E-state index is 0.0142. The molecular weight excluding hydrogens is 318 g/mol. The molecule has 2 bridgehead atoms. The third-order valence-electron chi connectivity index (χ3n) is 6.73. The lowest BCUT2D eigenvalue weighted by atomic mass is 9.52. The normalized spacial score (nSPS) is 31.0. The topological polar surface area (TPSA) is 75.5 Å². The number of rotatable bonds is 2. The van der Waals surface area contributed by atoms with Crippen molar-refractivity contribution in [2.45, 2.75) is 56.9 Å². The Labute approximate surface area is 147 Å². The molecule has 1 aromatic carbocycles. The standard InChI is InChI=1S/C19H25N3O3/c1-12(23)20-16-11-15-13(10-18(16)22(24)25)9-17-14-5-3-4-6-19(14,15)7-8-21(17)2/h10-11,14,17H,3-9H2,1-2H3,(H,20,23)/t14-,17+,19+/m0/s1. The number of nitro groups is 1. The van der Waals surface area contributed by atoms with Gasteiger partial charge in [0.15, 0.2) is 0 Å². The summed E-state index contributed by atoms with van der Waals surface area (Å²) in [5.74, 6) is 0.358. The molecule has 0 radical (unpaired) electrons. The number of amides is 1. The maximum absolute atomic E-state index is 11.6. The number of carbonyl (C=O) groups excluding carboxylic acids is 1. The van der Waals surface area contributed by atoms with E-state index in [9.17, 15) is 14.9 Å². The SMILES string of the molecule is CC(=O)Nc1cc2c(cc1[N+](=O)[O-])C[C@@H]1[C@@H]3CCCC[C@]23CCN1C. The van der Waals surface area contributed by atoms with Crippen LogP contribution in [0.2, 0.25) is 0 Å². The van der Waals surface area contributed by atoms with Gasteiger partial charge >= 0.3 is 0 Å². The van der Waals surface area contributed by atoms with E-state index in [0.29, 0.717) is 17.6 Å². The van der Waals surface area contributed by atoms with Crippen molar-refractivity contribution in [1.29, 1.82) is 0 Å². The van der Waals surface area contributed by atoms with Gasteiger partial charge in [0.05, 0.1) is 4.92 Å². The van der Waals surface area contributed by atoms with Gasteiger partial charge < -0.3 is 10.2 Å². The first-order chi connectivity index (χ1) is 11.9. The highest BCUT2D eigenvalue weighted by molar-refractivity contribution is 5.91. The quantitative estimate of drug-likeness (QED) is 0.661. The summed E-state index contributed by atoms with van der Waals surface area (Å²) >= 11 is 0. The number of nitro benzene ring substituents is 1. The van der Waals surface area contributed by atoms with Crippen molar-refractivity contribution in [2.75, 3.05) is 18.9 Å². The maximum atomic E-state index is 11.6. The molecule has 0 unspecified atom stereocenters. The molecule has 2 fully saturated rings. The van der Waals surface area contributed by atoms with Crippen LogP contribution in [0.1, 0.15) is 50.2 Å². The summed E-state index contributed by atoms with van der Waals surface area (Å²) in [5.41, 5.74) is 2.87. The van der Waals surface area contributed by atoms with Crippen LogP contribution in [0, 0.1) is 16.0 Å². The van der Waals surface area contributed by atoms with Crippen LogP contribution in [0.25, 0.3) is 0 Å². The van der Waals surface area contributed by atoms with Crippen molar-refractivity contribution in [3.8, 4) is 0 Å². The predicted octanol–water partition coefficient (Wildman–Crippen LogP) is 3.24. The summed E-state index contributed by atoms with van der Waals surface area (Å²) in [6, 6.07) is 4.13. The molecule has 1 aromatic rings. The molecule has 3 atom stereocenters. The Kier molecular flexibility index (Phi) is 3.83. The molecule has 1 saturated heterocycles. The number of likely N-dealkylation sites (N-methyl/N-ethyl adjacent to an activating group) is 1. The van der Waals surface area contributed by atoms with E-state index in [1.54, 1.807) is 6.07 Å². The van der Waals surface area contributed by atoms with Crippen molar-refractivity contribution in [2.24, 2.45) is 5.92 Å². The van der Waals surface area contributed by atoms with Crippen LogP contribution in [0.5, 0.6) is 0 Å². The maximum Gasteiger partial charge on any atom is 0.293 e. The number of anilines is 1. The number of likely N-dealkylation sites (tertiary alicyclic amines) is 1. The highest BCUT2D eigenvalue weighted by atomic mass is 16.6.